The predicted molar refractivity (Wildman–Crippen MR) is 44.9 cm³/mol. The molecular formula is C8H17NO2. The molecule has 0 fully saturated rings. The number of carbonyl (C=O) groups excluding carboxylic acids is 1. The largest absolute Gasteiger partial charge is 0.633 e. The van der Waals surface area contributed by atoms with Crippen molar-refractivity contribution in [1.29, 1.82) is 0 Å². The van der Waals surface area contributed by atoms with Gasteiger partial charge in [-0.1, -0.05) is 0 Å². The molecule has 0 atom stereocenters. The van der Waals surface area contributed by atoms with Crippen LogP contribution < -0.4 is 0 Å². The standard InChI is InChI=1S/C8H17NO2/c1-8(10)6-4-5-7-9(2,3)11/h4-7H2,1-3H3. The van der Waals surface area contributed by atoms with Crippen molar-refractivity contribution < 1.29 is 9.44 Å². The summed E-state index contributed by atoms with van der Waals surface area (Å²) in [6.45, 7) is 2.18. The maximum atomic E-state index is 11.0. The Balaban J connectivity index is 3.22. The van der Waals surface area contributed by atoms with Gasteiger partial charge in [0.25, 0.3) is 0 Å². The highest BCUT2D eigenvalue weighted by Gasteiger charge is 2.01. The summed E-state index contributed by atoms with van der Waals surface area (Å²) in [4.78, 5) is 10.5. The van der Waals surface area contributed by atoms with Gasteiger partial charge in [0, 0.05) is 6.42 Å². The van der Waals surface area contributed by atoms with Crippen molar-refractivity contribution in [3.05, 3.63) is 5.21 Å². The van der Waals surface area contributed by atoms with Crippen LogP contribution in [-0.2, 0) is 4.79 Å². The van der Waals surface area contributed by atoms with Gasteiger partial charge in [0.05, 0.1) is 20.6 Å². The number of quaternary nitrogens is 1. The van der Waals surface area contributed by atoms with E-state index in [-0.39, 0.29) is 10.4 Å². The summed E-state index contributed by atoms with van der Waals surface area (Å²) >= 11 is 0. The van der Waals surface area contributed by atoms with Crippen LogP contribution in [0.1, 0.15) is 26.2 Å². The van der Waals surface area contributed by atoms with E-state index in [0.29, 0.717) is 13.0 Å². The van der Waals surface area contributed by atoms with Crippen LogP contribution in [0.3, 0.4) is 0 Å². The normalized spacial score (nSPS) is 11.6. The molecule has 0 heterocycles. The molecule has 0 rings (SSSR count). The average Bonchev–Trinajstić information content (AvgIpc) is 1.78. The Kier molecular flexibility index (Phi) is 4.30. The van der Waals surface area contributed by atoms with Crippen molar-refractivity contribution in [1.82, 2.24) is 0 Å². The van der Waals surface area contributed by atoms with E-state index in [1.54, 1.807) is 21.0 Å². The number of carbonyl (C=O) groups is 1. The monoisotopic (exact) mass is 159 g/mol. The maximum Gasteiger partial charge on any atom is 0.129 e. The summed E-state index contributed by atoms with van der Waals surface area (Å²) in [5.41, 5.74) is 0. The van der Waals surface area contributed by atoms with Gasteiger partial charge in [-0.15, -0.1) is 0 Å². The van der Waals surface area contributed by atoms with E-state index in [1.807, 2.05) is 0 Å². The lowest BCUT2D eigenvalue weighted by Gasteiger charge is -2.33. The first-order valence-electron chi connectivity index (χ1n) is 3.95. The minimum absolute atomic E-state index is 0.209. The van der Waals surface area contributed by atoms with Gasteiger partial charge in [-0.2, -0.15) is 0 Å². The van der Waals surface area contributed by atoms with Gasteiger partial charge >= 0.3 is 0 Å². The first kappa shape index (κ1) is 10.6. The Morgan fingerprint density at radius 1 is 1.36 bits per heavy atom. The van der Waals surface area contributed by atoms with Gasteiger partial charge in [0.2, 0.25) is 0 Å². The van der Waals surface area contributed by atoms with Crippen molar-refractivity contribution >= 4 is 5.78 Å². The lowest BCUT2D eigenvalue weighted by atomic mass is 10.2. The summed E-state index contributed by atoms with van der Waals surface area (Å²) in [7, 11) is 3.24. The SMILES string of the molecule is CC(=O)CCCC[N+](C)(C)[O-]. The van der Waals surface area contributed by atoms with Crippen LogP contribution in [0.5, 0.6) is 0 Å². The van der Waals surface area contributed by atoms with Crippen LogP contribution in [0.4, 0.5) is 0 Å². The molecule has 0 amide bonds. The Labute approximate surface area is 68.2 Å². The first-order chi connectivity index (χ1) is 4.92. The van der Waals surface area contributed by atoms with E-state index >= 15 is 0 Å². The van der Waals surface area contributed by atoms with E-state index in [1.165, 1.54) is 0 Å². The Hall–Kier alpha value is -0.410. The molecule has 0 saturated carbocycles. The topological polar surface area (TPSA) is 40.1 Å². The third kappa shape index (κ3) is 9.59. The maximum absolute atomic E-state index is 11.0. The van der Waals surface area contributed by atoms with E-state index in [4.69, 9.17) is 0 Å². The highest BCUT2D eigenvalue weighted by molar-refractivity contribution is 5.75. The van der Waals surface area contributed by atoms with Gasteiger partial charge < -0.3 is 14.6 Å². The second-order valence-corrected chi connectivity index (χ2v) is 3.46. The number of nitrogens with zero attached hydrogens (tertiary/aromatic N) is 1. The van der Waals surface area contributed by atoms with E-state index in [9.17, 15) is 10.0 Å². The lowest BCUT2D eigenvalue weighted by molar-refractivity contribution is -0.840. The fraction of sp³-hybridized carbons (Fsp3) is 0.875. The summed E-state index contributed by atoms with van der Waals surface area (Å²) in [6, 6.07) is 0. The molecule has 0 saturated heterocycles. The molecule has 0 bridgehead atoms. The highest BCUT2D eigenvalue weighted by atomic mass is 16.5. The molecule has 0 radical (unpaired) electrons. The first-order valence-corrected chi connectivity index (χ1v) is 3.95. The summed E-state index contributed by atoms with van der Waals surface area (Å²) in [6.07, 6.45) is 2.30. The molecule has 0 aliphatic heterocycles. The molecule has 0 aromatic rings. The second kappa shape index (κ2) is 4.46. The molecule has 3 nitrogen and oxygen atoms in total. The van der Waals surface area contributed by atoms with Crippen molar-refractivity contribution in [2.75, 3.05) is 20.6 Å². The van der Waals surface area contributed by atoms with Crippen molar-refractivity contribution in [3.63, 3.8) is 0 Å². The number of rotatable bonds is 5. The minimum atomic E-state index is -0.252. The van der Waals surface area contributed by atoms with E-state index < -0.39 is 0 Å². The highest BCUT2D eigenvalue weighted by Crippen LogP contribution is 2.01. The zero-order chi connectivity index (χ0) is 8.91. The number of hydrogen-bond donors (Lipinski definition) is 0. The molecule has 0 aliphatic rings. The number of Topliss-reactive ketones (excluding diaryl/α,β-unsaturated/α-hetero) is 1. The molecular weight excluding hydrogens is 142 g/mol. The number of unbranched alkanes of at least 4 members (excludes halogenated alkanes) is 1. The zero-order valence-corrected chi connectivity index (χ0v) is 7.59. The second-order valence-electron chi connectivity index (χ2n) is 3.46. The van der Waals surface area contributed by atoms with Gasteiger partial charge in [-0.25, -0.2) is 0 Å². The van der Waals surface area contributed by atoms with Crippen LogP contribution in [0.2, 0.25) is 0 Å². The zero-order valence-electron chi connectivity index (χ0n) is 7.59. The molecule has 0 spiro atoms. The van der Waals surface area contributed by atoms with Crippen molar-refractivity contribution in [2.45, 2.75) is 26.2 Å². The third-order valence-corrected chi connectivity index (χ3v) is 1.48. The van der Waals surface area contributed by atoms with Gasteiger partial charge in [0.1, 0.15) is 5.78 Å². The number of ketones is 1. The molecule has 0 unspecified atom stereocenters. The van der Waals surface area contributed by atoms with Crippen LogP contribution in [0, 0.1) is 5.21 Å². The Bertz CT molecular complexity index is 127. The number of hydrogen-bond acceptors (Lipinski definition) is 2. The quantitative estimate of drug-likeness (QED) is 0.345. The van der Waals surface area contributed by atoms with Crippen molar-refractivity contribution in [3.8, 4) is 0 Å². The van der Waals surface area contributed by atoms with E-state index in [2.05, 4.69) is 0 Å². The van der Waals surface area contributed by atoms with Crippen LogP contribution >= 0.6 is 0 Å². The molecule has 11 heavy (non-hydrogen) atoms. The van der Waals surface area contributed by atoms with Gasteiger partial charge in [0.15, 0.2) is 0 Å². The fourth-order valence-corrected chi connectivity index (χ4v) is 0.867. The molecule has 66 valence electrons. The fourth-order valence-electron chi connectivity index (χ4n) is 0.867. The molecule has 3 heteroatoms. The molecule has 0 aromatic heterocycles. The van der Waals surface area contributed by atoms with Crippen LogP contribution in [-0.4, -0.2) is 31.1 Å². The summed E-state index contributed by atoms with van der Waals surface area (Å²) in [5.74, 6) is 0.209. The molecule has 0 aromatic carbocycles. The predicted octanol–water partition coefficient (Wildman–Crippen LogP) is 1.32. The third-order valence-electron chi connectivity index (χ3n) is 1.48. The summed E-state index contributed by atoms with van der Waals surface area (Å²) in [5, 5.41) is 11.0. The molecule has 0 aliphatic carbocycles. The Morgan fingerprint density at radius 3 is 2.27 bits per heavy atom. The molecule has 0 N–H and O–H groups in total. The Morgan fingerprint density at radius 2 is 1.91 bits per heavy atom. The lowest BCUT2D eigenvalue weighted by Crippen LogP contribution is -2.33. The van der Waals surface area contributed by atoms with Crippen LogP contribution in [0.15, 0.2) is 0 Å². The smallest absolute Gasteiger partial charge is 0.129 e. The summed E-state index contributed by atoms with van der Waals surface area (Å²) < 4.78 is -0.252. The van der Waals surface area contributed by atoms with E-state index in [0.717, 1.165) is 12.8 Å². The number of hydroxylamine groups is 3. The van der Waals surface area contributed by atoms with Gasteiger partial charge in [-0.05, 0) is 19.8 Å². The minimum Gasteiger partial charge on any atom is -0.633 e. The average molecular weight is 159 g/mol. The van der Waals surface area contributed by atoms with Crippen LogP contribution in [0.25, 0.3) is 0 Å². The van der Waals surface area contributed by atoms with Crippen molar-refractivity contribution in [2.24, 2.45) is 0 Å². The van der Waals surface area contributed by atoms with Gasteiger partial charge in [-0.3, -0.25) is 0 Å².